The zero-order chi connectivity index (χ0) is 16.3. The zero-order valence-corrected chi connectivity index (χ0v) is 13.6. The molecule has 2 aromatic rings. The van der Waals surface area contributed by atoms with Gasteiger partial charge in [0.2, 0.25) is 0 Å². The van der Waals surface area contributed by atoms with Crippen LogP contribution in [0.4, 0.5) is 0 Å². The molecule has 0 aromatic heterocycles. The number of aliphatic imine (C=N–C) groups is 1. The molecule has 0 fully saturated rings. The van der Waals surface area contributed by atoms with Gasteiger partial charge in [0.1, 0.15) is 5.75 Å². The van der Waals surface area contributed by atoms with E-state index in [2.05, 4.69) is 39.9 Å². The fourth-order valence-electron chi connectivity index (χ4n) is 2.35. The van der Waals surface area contributed by atoms with Crippen LogP contribution in [0.15, 0.2) is 59.6 Å². The second kappa shape index (κ2) is 9.51. The van der Waals surface area contributed by atoms with Crippen LogP contribution in [0.5, 0.6) is 5.75 Å². The van der Waals surface area contributed by atoms with Crippen LogP contribution < -0.4 is 10.6 Å². The van der Waals surface area contributed by atoms with Crippen LogP contribution in [0, 0.1) is 0 Å². The number of hydrogen-bond acceptors (Lipinski definition) is 2. The van der Waals surface area contributed by atoms with Crippen LogP contribution in [-0.4, -0.2) is 31.2 Å². The van der Waals surface area contributed by atoms with Crippen LogP contribution >= 0.6 is 0 Å². The molecule has 0 saturated heterocycles. The van der Waals surface area contributed by atoms with Crippen LogP contribution in [0.1, 0.15) is 17.5 Å². The van der Waals surface area contributed by atoms with Crippen LogP contribution in [-0.2, 0) is 12.8 Å². The van der Waals surface area contributed by atoms with Crippen molar-refractivity contribution in [3.8, 4) is 5.75 Å². The number of rotatable bonds is 7. The quantitative estimate of drug-likeness (QED) is 0.419. The molecular formula is C19H25N3O. The molecule has 4 nitrogen and oxygen atoms in total. The first-order valence-electron chi connectivity index (χ1n) is 8.04. The third-order valence-electron chi connectivity index (χ3n) is 3.64. The van der Waals surface area contributed by atoms with E-state index in [9.17, 15) is 5.11 Å². The Labute approximate surface area is 138 Å². The van der Waals surface area contributed by atoms with E-state index in [1.54, 1.807) is 19.2 Å². The number of phenols is 1. The predicted octanol–water partition coefficient (Wildman–Crippen LogP) is 2.73. The number of aryl methyl sites for hydroxylation is 1. The lowest BCUT2D eigenvalue weighted by atomic mass is 10.1. The predicted molar refractivity (Wildman–Crippen MR) is 95.9 cm³/mol. The van der Waals surface area contributed by atoms with Crippen molar-refractivity contribution < 1.29 is 5.11 Å². The second-order valence-electron chi connectivity index (χ2n) is 5.43. The minimum atomic E-state index is 0.315. The Bertz CT molecular complexity index is 594. The van der Waals surface area contributed by atoms with Gasteiger partial charge in [-0.1, -0.05) is 42.5 Å². The van der Waals surface area contributed by atoms with E-state index in [1.807, 2.05) is 18.2 Å². The van der Waals surface area contributed by atoms with Crippen molar-refractivity contribution in [2.45, 2.75) is 19.3 Å². The van der Waals surface area contributed by atoms with Crippen molar-refractivity contribution in [3.63, 3.8) is 0 Å². The Kier molecular flexibility index (Phi) is 6.98. The highest BCUT2D eigenvalue weighted by atomic mass is 16.3. The summed E-state index contributed by atoms with van der Waals surface area (Å²) >= 11 is 0. The lowest BCUT2D eigenvalue weighted by Crippen LogP contribution is -2.38. The Morgan fingerprint density at radius 2 is 1.52 bits per heavy atom. The molecule has 0 bridgehead atoms. The molecule has 23 heavy (non-hydrogen) atoms. The van der Waals surface area contributed by atoms with Gasteiger partial charge < -0.3 is 15.7 Å². The number of nitrogens with one attached hydrogen (secondary N) is 2. The molecule has 0 heterocycles. The van der Waals surface area contributed by atoms with Gasteiger partial charge in [0.15, 0.2) is 5.96 Å². The summed E-state index contributed by atoms with van der Waals surface area (Å²) in [7, 11) is 1.79. The maximum atomic E-state index is 9.26. The van der Waals surface area contributed by atoms with Gasteiger partial charge in [0.25, 0.3) is 0 Å². The molecule has 0 spiro atoms. The Hall–Kier alpha value is -2.49. The standard InChI is InChI=1S/C19H25N3O/c1-20-19(22-15-13-16-6-3-2-4-7-16)21-14-5-8-17-9-11-18(23)12-10-17/h2-4,6-7,9-12,23H,5,8,13-15H2,1H3,(H2,20,21,22). The summed E-state index contributed by atoms with van der Waals surface area (Å²) in [4.78, 5) is 4.24. The molecule has 2 aromatic carbocycles. The normalized spacial score (nSPS) is 11.3. The number of aromatic hydroxyl groups is 1. The van der Waals surface area contributed by atoms with E-state index in [1.165, 1.54) is 11.1 Å². The summed E-state index contributed by atoms with van der Waals surface area (Å²) in [5.41, 5.74) is 2.56. The van der Waals surface area contributed by atoms with E-state index < -0.39 is 0 Å². The Balaban J connectivity index is 1.62. The molecular weight excluding hydrogens is 286 g/mol. The molecule has 0 amide bonds. The summed E-state index contributed by atoms with van der Waals surface area (Å²) in [5, 5.41) is 15.9. The summed E-state index contributed by atoms with van der Waals surface area (Å²) in [5.74, 6) is 1.15. The third-order valence-corrected chi connectivity index (χ3v) is 3.64. The Morgan fingerprint density at radius 1 is 0.870 bits per heavy atom. The molecule has 0 aliphatic rings. The number of phenolic OH excluding ortho intramolecular Hbond substituents is 1. The highest BCUT2D eigenvalue weighted by molar-refractivity contribution is 5.79. The van der Waals surface area contributed by atoms with Gasteiger partial charge in [0.05, 0.1) is 0 Å². The summed E-state index contributed by atoms with van der Waals surface area (Å²) in [6, 6.07) is 17.8. The third kappa shape index (κ3) is 6.43. The van der Waals surface area contributed by atoms with Gasteiger partial charge >= 0.3 is 0 Å². The Morgan fingerprint density at radius 3 is 2.22 bits per heavy atom. The minimum absolute atomic E-state index is 0.315. The monoisotopic (exact) mass is 311 g/mol. The van der Waals surface area contributed by atoms with Gasteiger partial charge in [-0.05, 0) is 42.5 Å². The smallest absolute Gasteiger partial charge is 0.190 e. The molecule has 2 rings (SSSR count). The van der Waals surface area contributed by atoms with E-state index >= 15 is 0 Å². The molecule has 0 aliphatic heterocycles. The summed E-state index contributed by atoms with van der Waals surface area (Å²) < 4.78 is 0. The first-order valence-corrected chi connectivity index (χ1v) is 8.04. The van der Waals surface area contributed by atoms with E-state index in [-0.39, 0.29) is 0 Å². The van der Waals surface area contributed by atoms with Crippen molar-refractivity contribution in [1.29, 1.82) is 0 Å². The maximum absolute atomic E-state index is 9.26. The highest BCUT2D eigenvalue weighted by Gasteiger charge is 1.98. The van der Waals surface area contributed by atoms with E-state index in [0.29, 0.717) is 5.75 Å². The lowest BCUT2D eigenvalue weighted by molar-refractivity contribution is 0.475. The number of benzene rings is 2. The molecule has 0 unspecified atom stereocenters. The number of hydrogen-bond donors (Lipinski definition) is 3. The summed E-state index contributed by atoms with van der Waals surface area (Å²) in [6.45, 7) is 1.73. The fourth-order valence-corrected chi connectivity index (χ4v) is 2.35. The average molecular weight is 311 g/mol. The average Bonchev–Trinajstić information content (AvgIpc) is 2.59. The first kappa shape index (κ1) is 16.9. The van der Waals surface area contributed by atoms with Gasteiger partial charge in [-0.25, -0.2) is 0 Å². The second-order valence-corrected chi connectivity index (χ2v) is 5.43. The largest absolute Gasteiger partial charge is 0.508 e. The molecule has 0 saturated carbocycles. The van der Waals surface area contributed by atoms with Crippen molar-refractivity contribution in [2.24, 2.45) is 4.99 Å². The summed E-state index contributed by atoms with van der Waals surface area (Å²) in [6.07, 6.45) is 2.98. The first-order chi connectivity index (χ1) is 11.3. The molecule has 0 atom stereocenters. The zero-order valence-electron chi connectivity index (χ0n) is 13.6. The fraction of sp³-hybridized carbons (Fsp3) is 0.316. The van der Waals surface area contributed by atoms with E-state index in [4.69, 9.17) is 0 Å². The highest BCUT2D eigenvalue weighted by Crippen LogP contribution is 2.10. The van der Waals surface area contributed by atoms with Gasteiger partial charge in [-0.3, -0.25) is 4.99 Å². The van der Waals surface area contributed by atoms with Crippen LogP contribution in [0.3, 0.4) is 0 Å². The van der Waals surface area contributed by atoms with Crippen molar-refractivity contribution >= 4 is 5.96 Å². The molecule has 122 valence electrons. The van der Waals surface area contributed by atoms with Gasteiger partial charge in [-0.2, -0.15) is 0 Å². The molecule has 0 aliphatic carbocycles. The van der Waals surface area contributed by atoms with Crippen LogP contribution in [0.2, 0.25) is 0 Å². The number of guanidine groups is 1. The van der Waals surface area contributed by atoms with Crippen molar-refractivity contribution in [1.82, 2.24) is 10.6 Å². The van der Waals surface area contributed by atoms with Gasteiger partial charge in [0, 0.05) is 20.1 Å². The van der Waals surface area contributed by atoms with Crippen LogP contribution in [0.25, 0.3) is 0 Å². The van der Waals surface area contributed by atoms with E-state index in [0.717, 1.165) is 38.3 Å². The minimum Gasteiger partial charge on any atom is -0.508 e. The van der Waals surface area contributed by atoms with Gasteiger partial charge in [-0.15, -0.1) is 0 Å². The maximum Gasteiger partial charge on any atom is 0.190 e. The number of nitrogens with zero attached hydrogens (tertiary/aromatic N) is 1. The molecule has 4 heteroatoms. The topological polar surface area (TPSA) is 56.7 Å². The molecule has 3 N–H and O–H groups in total. The molecule has 0 radical (unpaired) electrons. The lowest BCUT2D eigenvalue weighted by Gasteiger charge is -2.12. The van der Waals surface area contributed by atoms with Crippen molar-refractivity contribution in [3.05, 3.63) is 65.7 Å². The van der Waals surface area contributed by atoms with Crippen molar-refractivity contribution in [2.75, 3.05) is 20.1 Å². The SMILES string of the molecule is CN=C(NCCCc1ccc(O)cc1)NCCc1ccccc1.